The van der Waals surface area contributed by atoms with Crippen molar-refractivity contribution in [1.29, 1.82) is 0 Å². The SMILES string of the molecule is CC[C@H](c1nnnn1Cc1ccccc1)N(Cc1ccc(C)cc1)Cc1cc2c(C)ccc(C)c2[nH]c1=O. The molecule has 0 amide bonds. The van der Waals surface area contributed by atoms with Crippen molar-refractivity contribution in [3.05, 3.63) is 122 Å². The Balaban J connectivity index is 1.54. The Morgan fingerprint density at radius 3 is 2.37 bits per heavy atom. The van der Waals surface area contributed by atoms with Gasteiger partial charge in [0.1, 0.15) is 0 Å². The monoisotopic (exact) mass is 506 g/mol. The maximum Gasteiger partial charge on any atom is 0.252 e. The lowest BCUT2D eigenvalue weighted by atomic mass is 10.0. The summed E-state index contributed by atoms with van der Waals surface area (Å²) in [5, 5.41) is 13.9. The summed E-state index contributed by atoms with van der Waals surface area (Å²) < 4.78 is 1.88. The van der Waals surface area contributed by atoms with Gasteiger partial charge in [0.25, 0.3) is 5.56 Å². The van der Waals surface area contributed by atoms with Gasteiger partial charge in [-0.1, -0.05) is 79.2 Å². The number of hydrogen-bond acceptors (Lipinski definition) is 5. The first-order valence-corrected chi connectivity index (χ1v) is 13.1. The van der Waals surface area contributed by atoms with Crippen LogP contribution in [0.1, 0.15) is 58.6 Å². The molecule has 7 heteroatoms. The minimum atomic E-state index is -0.0799. The minimum Gasteiger partial charge on any atom is -0.321 e. The van der Waals surface area contributed by atoms with Crippen molar-refractivity contribution in [1.82, 2.24) is 30.1 Å². The summed E-state index contributed by atoms with van der Waals surface area (Å²) >= 11 is 0. The molecule has 0 radical (unpaired) electrons. The van der Waals surface area contributed by atoms with Crippen LogP contribution in [-0.2, 0) is 19.6 Å². The van der Waals surface area contributed by atoms with Gasteiger partial charge >= 0.3 is 0 Å². The van der Waals surface area contributed by atoms with Gasteiger partial charge in [-0.3, -0.25) is 9.69 Å². The van der Waals surface area contributed by atoms with E-state index in [1.54, 1.807) is 0 Å². The van der Waals surface area contributed by atoms with Gasteiger partial charge in [0.2, 0.25) is 0 Å². The molecule has 194 valence electrons. The number of aromatic nitrogens is 5. The van der Waals surface area contributed by atoms with E-state index >= 15 is 0 Å². The zero-order chi connectivity index (χ0) is 26.6. The molecule has 0 aliphatic rings. The second-order valence-corrected chi connectivity index (χ2v) is 10.1. The van der Waals surface area contributed by atoms with Gasteiger partial charge in [-0.05, 0) is 65.9 Å². The van der Waals surface area contributed by atoms with Gasteiger partial charge in [0.15, 0.2) is 5.82 Å². The molecular formula is C31H34N6O. The number of fused-ring (bicyclic) bond motifs is 1. The van der Waals surface area contributed by atoms with Crippen molar-refractivity contribution in [2.75, 3.05) is 0 Å². The van der Waals surface area contributed by atoms with Crippen LogP contribution in [0.4, 0.5) is 0 Å². The lowest BCUT2D eigenvalue weighted by Crippen LogP contribution is -2.32. The van der Waals surface area contributed by atoms with Crippen LogP contribution < -0.4 is 5.56 Å². The van der Waals surface area contributed by atoms with Gasteiger partial charge in [-0.25, -0.2) is 4.68 Å². The van der Waals surface area contributed by atoms with E-state index in [1.165, 1.54) is 11.1 Å². The Bertz CT molecular complexity index is 1590. The van der Waals surface area contributed by atoms with Crippen molar-refractivity contribution in [3.63, 3.8) is 0 Å². The fourth-order valence-corrected chi connectivity index (χ4v) is 5.08. The maximum atomic E-state index is 13.3. The molecule has 1 N–H and O–H groups in total. The van der Waals surface area contributed by atoms with Gasteiger partial charge in [-0.2, -0.15) is 0 Å². The second-order valence-electron chi connectivity index (χ2n) is 10.1. The second kappa shape index (κ2) is 11.1. The topological polar surface area (TPSA) is 79.7 Å². The van der Waals surface area contributed by atoms with Crippen molar-refractivity contribution >= 4 is 10.9 Å². The maximum absolute atomic E-state index is 13.3. The van der Waals surface area contributed by atoms with E-state index in [0.717, 1.165) is 45.4 Å². The molecule has 0 aliphatic heterocycles. The number of hydrogen-bond donors (Lipinski definition) is 1. The average Bonchev–Trinajstić information content (AvgIpc) is 3.37. The third-order valence-corrected chi connectivity index (χ3v) is 7.26. The zero-order valence-corrected chi connectivity index (χ0v) is 22.5. The Labute approximate surface area is 223 Å². The summed E-state index contributed by atoms with van der Waals surface area (Å²) in [4.78, 5) is 18.8. The van der Waals surface area contributed by atoms with Crippen LogP contribution in [0.2, 0.25) is 0 Å². The van der Waals surface area contributed by atoms with Crippen molar-refractivity contribution < 1.29 is 0 Å². The molecule has 5 rings (SSSR count). The number of rotatable bonds is 9. The predicted octanol–water partition coefficient (Wildman–Crippen LogP) is 5.64. The van der Waals surface area contributed by atoms with E-state index in [-0.39, 0.29) is 11.6 Å². The van der Waals surface area contributed by atoms with Crippen molar-refractivity contribution in [2.45, 2.75) is 59.8 Å². The number of benzene rings is 3. The molecule has 3 aromatic carbocycles. The summed E-state index contributed by atoms with van der Waals surface area (Å²) in [5.41, 5.74) is 7.33. The van der Waals surface area contributed by atoms with E-state index in [2.05, 4.69) is 101 Å². The number of pyridine rings is 1. The molecule has 1 atom stereocenters. The van der Waals surface area contributed by atoms with E-state index in [9.17, 15) is 4.79 Å². The third kappa shape index (κ3) is 5.43. The van der Waals surface area contributed by atoms with Crippen LogP contribution in [0.3, 0.4) is 0 Å². The van der Waals surface area contributed by atoms with Crippen LogP contribution in [0.25, 0.3) is 10.9 Å². The van der Waals surface area contributed by atoms with Crippen molar-refractivity contribution in [3.8, 4) is 0 Å². The third-order valence-electron chi connectivity index (χ3n) is 7.26. The number of H-pyrrole nitrogens is 1. The quantitative estimate of drug-likeness (QED) is 0.280. The standard InChI is InChI=1S/C31H34N6O/c1-5-28(30-33-34-35-37(30)19-24-9-7-6-8-10-24)36(18-25-15-11-21(2)12-16-25)20-26-17-27-22(3)13-14-23(4)29(27)32-31(26)38/h6-17,28H,5,18-20H2,1-4H3,(H,32,38)/t28-/m1/s1. The first-order valence-electron chi connectivity index (χ1n) is 13.1. The molecule has 0 spiro atoms. The van der Waals surface area contributed by atoms with Gasteiger partial charge < -0.3 is 4.98 Å². The first-order chi connectivity index (χ1) is 18.4. The highest BCUT2D eigenvalue weighted by Gasteiger charge is 2.26. The average molecular weight is 507 g/mol. The number of tetrazole rings is 1. The zero-order valence-electron chi connectivity index (χ0n) is 22.5. The highest BCUT2D eigenvalue weighted by atomic mass is 16.1. The Morgan fingerprint density at radius 1 is 0.895 bits per heavy atom. The van der Waals surface area contributed by atoms with E-state index in [0.29, 0.717) is 19.6 Å². The number of nitrogens with one attached hydrogen (secondary N) is 1. The highest BCUT2D eigenvalue weighted by molar-refractivity contribution is 5.85. The van der Waals surface area contributed by atoms with Crippen LogP contribution in [0.5, 0.6) is 0 Å². The Morgan fingerprint density at radius 2 is 1.63 bits per heavy atom. The molecule has 0 unspecified atom stereocenters. The molecule has 0 saturated carbocycles. The highest BCUT2D eigenvalue weighted by Crippen LogP contribution is 2.28. The summed E-state index contributed by atoms with van der Waals surface area (Å²) in [6.45, 7) is 10.1. The lowest BCUT2D eigenvalue weighted by molar-refractivity contribution is 0.161. The summed E-state index contributed by atoms with van der Waals surface area (Å²) in [6.07, 6.45) is 0.796. The molecule has 0 fully saturated rings. The molecule has 0 aliphatic carbocycles. The molecule has 2 aromatic heterocycles. The smallest absolute Gasteiger partial charge is 0.252 e. The molecule has 0 bridgehead atoms. The number of aromatic amines is 1. The van der Waals surface area contributed by atoms with Crippen LogP contribution in [0.15, 0.2) is 77.6 Å². The molecule has 38 heavy (non-hydrogen) atoms. The predicted molar refractivity (Wildman–Crippen MR) is 151 cm³/mol. The molecule has 7 nitrogen and oxygen atoms in total. The van der Waals surface area contributed by atoms with Gasteiger partial charge in [0.05, 0.1) is 18.1 Å². The summed E-state index contributed by atoms with van der Waals surface area (Å²) in [7, 11) is 0. The van der Waals surface area contributed by atoms with Crippen molar-refractivity contribution in [2.24, 2.45) is 0 Å². The number of aryl methyl sites for hydroxylation is 3. The summed E-state index contributed by atoms with van der Waals surface area (Å²) in [6, 6.07) is 24.9. The fourth-order valence-electron chi connectivity index (χ4n) is 5.08. The largest absolute Gasteiger partial charge is 0.321 e. The minimum absolute atomic E-state index is 0.0566. The van der Waals surface area contributed by atoms with E-state index in [4.69, 9.17) is 0 Å². The van der Waals surface area contributed by atoms with Crippen LogP contribution in [-0.4, -0.2) is 30.1 Å². The normalized spacial score (nSPS) is 12.3. The number of nitrogens with zero attached hydrogens (tertiary/aromatic N) is 5. The Hall–Kier alpha value is -4.10. The van der Waals surface area contributed by atoms with Crippen LogP contribution >= 0.6 is 0 Å². The lowest BCUT2D eigenvalue weighted by Gasteiger charge is -2.30. The summed E-state index contributed by atoms with van der Waals surface area (Å²) in [5.74, 6) is 0.799. The fraction of sp³-hybridized carbons (Fsp3) is 0.290. The van der Waals surface area contributed by atoms with Gasteiger partial charge in [0, 0.05) is 24.0 Å². The van der Waals surface area contributed by atoms with Crippen LogP contribution in [0, 0.1) is 20.8 Å². The molecular weight excluding hydrogens is 472 g/mol. The first kappa shape index (κ1) is 25.5. The van der Waals surface area contributed by atoms with Gasteiger partial charge in [-0.15, -0.1) is 5.10 Å². The molecule has 0 saturated heterocycles. The molecule has 2 heterocycles. The molecule has 5 aromatic rings. The Kier molecular flexibility index (Phi) is 7.47. The van der Waals surface area contributed by atoms with E-state index < -0.39 is 0 Å². The van der Waals surface area contributed by atoms with E-state index in [1.807, 2.05) is 29.8 Å².